The van der Waals surface area contributed by atoms with Gasteiger partial charge in [-0.15, -0.1) is 0 Å². The second kappa shape index (κ2) is 8.10. The van der Waals surface area contributed by atoms with Crippen LogP contribution in [-0.4, -0.2) is 15.8 Å². The average Bonchev–Trinajstić information content (AvgIpc) is 3.22. The number of fused-ring (bicyclic) bond motifs is 1. The number of aryl methyl sites for hydroxylation is 2. The molecular weight excluding hydrogens is 384 g/mol. The van der Waals surface area contributed by atoms with Crippen molar-refractivity contribution in [2.45, 2.75) is 26.9 Å². The average molecular weight is 405 g/mol. The van der Waals surface area contributed by atoms with Crippen molar-refractivity contribution < 1.29 is 9.21 Å². The summed E-state index contributed by atoms with van der Waals surface area (Å²) < 4.78 is 5.48. The first-order valence-electron chi connectivity index (χ1n) is 9.44. The minimum atomic E-state index is -0.0846. The Morgan fingerprint density at radius 1 is 1.03 bits per heavy atom. The van der Waals surface area contributed by atoms with Gasteiger partial charge in [0.25, 0.3) is 5.91 Å². The van der Waals surface area contributed by atoms with Gasteiger partial charge in [0.05, 0.1) is 18.3 Å². The molecule has 2 aromatic heterocycles. The maximum atomic E-state index is 13.2. The molecule has 146 valence electrons. The maximum absolute atomic E-state index is 13.2. The predicted molar refractivity (Wildman–Crippen MR) is 115 cm³/mol. The van der Waals surface area contributed by atoms with Gasteiger partial charge < -0.3 is 9.32 Å². The monoisotopic (exact) mass is 404 g/mol. The molecule has 0 radical (unpaired) electrons. The van der Waals surface area contributed by atoms with Crippen molar-refractivity contribution in [2.24, 2.45) is 0 Å². The number of benzene rings is 2. The van der Waals surface area contributed by atoms with E-state index in [-0.39, 0.29) is 5.91 Å². The zero-order valence-electron chi connectivity index (χ0n) is 16.4. The highest BCUT2D eigenvalue weighted by molar-refractivity contribution is 6.30. The fraction of sp³-hybridized carbons (Fsp3) is 0.167. The standard InChI is InChI=1S/C24H21ClN2O2/c1-16-11-17(2)22-19(12-16)13-20(23(25)26-22)14-27(15-21-9-6-10-29-21)24(28)18-7-4-3-5-8-18/h3-13H,14-15H2,1-2H3. The summed E-state index contributed by atoms with van der Waals surface area (Å²) in [5, 5.41) is 1.43. The summed E-state index contributed by atoms with van der Waals surface area (Å²) in [6, 6.07) is 19.1. The number of nitrogens with zero attached hydrogens (tertiary/aromatic N) is 2. The van der Waals surface area contributed by atoms with Crippen LogP contribution in [0.15, 0.2) is 71.3 Å². The quantitative estimate of drug-likeness (QED) is 0.386. The number of furan rings is 1. The van der Waals surface area contributed by atoms with Crippen molar-refractivity contribution in [2.75, 3.05) is 0 Å². The summed E-state index contributed by atoms with van der Waals surface area (Å²) in [6.45, 7) is 4.77. The molecule has 0 N–H and O–H groups in total. The Morgan fingerprint density at radius 2 is 1.83 bits per heavy atom. The highest BCUT2D eigenvalue weighted by Gasteiger charge is 2.20. The molecule has 4 rings (SSSR count). The molecule has 0 atom stereocenters. The predicted octanol–water partition coefficient (Wildman–Crippen LogP) is 5.94. The van der Waals surface area contributed by atoms with Crippen molar-refractivity contribution >= 4 is 28.4 Å². The molecule has 0 aliphatic heterocycles. The highest BCUT2D eigenvalue weighted by Crippen LogP contribution is 2.26. The lowest BCUT2D eigenvalue weighted by Crippen LogP contribution is -2.30. The summed E-state index contributed by atoms with van der Waals surface area (Å²) in [6.07, 6.45) is 1.61. The lowest BCUT2D eigenvalue weighted by molar-refractivity contribution is 0.0717. The van der Waals surface area contributed by atoms with Crippen LogP contribution in [0, 0.1) is 13.8 Å². The number of halogens is 1. The molecule has 2 heterocycles. The molecule has 2 aromatic carbocycles. The molecule has 0 saturated carbocycles. The van der Waals surface area contributed by atoms with Gasteiger partial charge in [0.2, 0.25) is 0 Å². The van der Waals surface area contributed by atoms with E-state index in [1.54, 1.807) is 11.2 Å². The Balaban J connectivity index is 1.72. The summed E-state index contributed by atoms with van der Waals surface area (Å²) in [7, 11) is 0. The van der Waals surface area contributed by atoms with Crippen LogP contribution in [0.3, 0.4) is 0 Å². The maximum Gasteiger partial charge on any atom is 0.254 e. The molecule has 5 heteroatoms. The number of carbonyl (C=O) groups excluding carboxylic acids is 1. The molecule has 4 aromatic rings. The van der Waals surface area contributed by atoms with Gasteiger partial charge in [-0.2, -0.15) is 0 Å². The fourth-order valence-electron chi connectivity index (χ4n) is 3.54. The minimum absolute atomic E-state index is 0.0846. The minimum Gasteiger partial charge on any atom is -0.467 e. The van der Waals surface area contributed by atoms with Crippen LogP contribution in [0.2, 0.25) is 5.15 Å². The van der Waals surface area contributed by atoms with Crippen LogP contribution >= 0.6 is 11.6 Å². The van der Waals surface area contributed by atoms with Gasteiger partial charge in [-0.1, -0.05) is 41.4 Å². The second-order valence-corrected chi connectivity index (χ2v) is 7.56. The number of amides is 1. The van der Waals surface area contributed by atoms with Crippen LogP contribution in [0.1, 0.15) is 32.8 Å². The fourth-order valence-corrected chi connectivity index (χ4v) is 3.74. The van der Waals surface area contributed by atoms with E-state index in [4.69, 9.17) is 16.0 Å². The molecule has 0 aliphatic rings. The number of hydrogen-bond acceptors (Lipinski definition) is 3. The number of pyridine rings is 1. The third-order valence-corrected chi connectivity index (χ3v) is 5.20. The molecule has 0 spiro atoms. The zero-order chi connectivity index (χ0) is 20.4. The third kappa shape index (κ3) is 4.17. The van der Waals surface area contributed by atoms with Crippen LogP contribution in [-0.2, 0) is 13.1 Å². The van der Waals surface area contributed by atoms with E-state index >= 15 is 0 Å². The zero-order valence-corrected chi connectivity index (χ0v) is 17.1. The molecule has 0 aliphatic carbocycles. The van der Waals surface area contributed by atoms with Crippen molar-refractivity contribution in [3.05, 3.63) is 100 Å². The van der Waals surface area contributed by atoms with E-state index < -0.39 is 0 Å². The van der Waals surface area contributed by atoms with Gasteiger partial charge in [0, 0.05) is 23.1 Å². The summed E-state index contributed by atoms with van der Waals surface area (Å²) in [5.74, 6) is 0.629. The van der Waals surface area contributed by atoms with Crippen LogP contribution in [0.25, 0.3) is 10.9 Å². The van der Waals surface area contributed by atoms with E-state index in [1.807, 2.05) is 55.5 Å². The van der Waals surface area contributed by atoms with Crippen molar-refractivity contribution in [3.8, 4) is 0 Å². The Morgan fingerprint density at radius 3 is 2.55 bits per heavy atom. The molecule has 0 saturated heterocycles. The molecular formula is C24H21ClN2O2. The summed E-state index contributed by atoms with van der Waals surface area (Å²) >= 11 is 6.52. The molecule has 4 nitrogen and oxygen atoms in total. The second-order valence-electron chi connectivity index (χ2n) is 7.20. The Bertz CT molecular complexity index is 1150. The Labute approximate surface area is 174 Å². The lowest BCUT2D eigenvalue weighted by Gasteiger charge is -2.23. The van der Waals surface area contributed by atoms with E-state index in [9.17, 15) is 4.79 Å². The Hall–Kier alpha value is -3.11. The van der Waals surface area contributed by atoms with Gasteiger partial charge in [-0.05, 0) is 55.8 Å². The van der Waals surface area contributed by atoms with Crippen LogP contribution < -0.4 is 0 Å². The number of hydrogen-bond donors (Lipinski definition) is 0. The third-order valence-electron chi connectivity index (χ3n) is 4.87. The highest BCUT2D eigenvalue weighted by atomic mass is 35.5. The van der Waals surface area contributed by atoms with Gasteiger partial charge in [-0.25, -0.2) is 4.98 Å². The summed E-state index contributed by atoms with van der Waals surface area (Å²) in [4.78, 5) is 19.5. The van der Waals surface area contributed by atoms with Crippen LogP contribution in [0.4, 0.5) is 0 Å². The van der Waals surface area contributed by atoms with E-state index in [2.05, 4.69) is 24.0 Å². The van der Waals surface area contributed by atoms with Crippen LogP contribution in [0.5, 0.6) is 0 Å². The molecule has 0 bridgehead atoms. The first-order chi connectivity index (χ1) is 14.0. The largest absolute Gasteiger partial charge is 0.467 e. The van der Waals surface area contributed by atoms with Crippen molar-refractivity contribution in [3.63, 3.8) is 0 Å². The number of carbonyl (C=O) groups is 1. The number of aromatic nitrogens is 1. The van der Waals surface area contributed by atoms with E-state index in [0.29, 0.717) is 29.6 Å². The van der Waals surface area contributed by atoms with E-state index in [1.165, 1.54) is 0 Å². The van der Waals surface area contributed by atoms with Gasteiger partial charge in [0.15, 0.2) is 0 Å². The lowest BCUT2D eigenvalue weighted by atomic mass is 10.0. The molecule has 0 fully saturated rings. The first kappa shape index (κ1) is 19.2. The SMILES string of the molecule is Cc1cc(C)c2nc(Cl)c(CN(Cc3ccco3)C(=O)c3ccccc3)cc2c1. The Kier molecular flexibility index (Phi) is 5.36. The van der Waals surface area contributed by atoms with E-state index in [0.717, 1.165) is 27.6 Å². The normalized spacial score (nSPS) is 11.0. The topological polar surface area (TPSA) is 46.3 Å². The first-order valence-corrected chi connectivity index (χ1v) is 9.82. The molecule has 29 heavy (non-hydrogen) atoms. The molecule has 1 amide bonds. The van der Waals surface area contributed by atoms with Crippen molar-refractivity contribution in [1.29, 1.82) is 0 Å². The van der Waals surface area contributed by atoms with Crippen molar-refractivity contribution in [1.82, 2.24) is 9.88 Å². The summed E-state index contributed by atoms with van der Waals surface area (Å²) in [5.41, 5.74) is 4.56. The molecule has 0 unspecified atom stereocenters. The smallest absolute Gasteiger partial charge is 0.254 e. The van der Waals surface area contributed by atoms with Gasteiger partial charge in [-0.3, -0.25) is 4.79 Å². The number of rotatable bonds is 5. The van der Waals surface area contributed by atoms with Gasteiger partial charge in [0.1, 0.15) is 10.9 Å². The van der Waals surface area contributed by atoms with Gasteiger partial charge >= 0.3 is 0 Å².